The van der Waals surface area contributed by atoms with Gasteiger partial charge in [0.05, 0.1) is 0 Å². The minimum absolute atomic E-state index is 0.952. The van der Waals surface area contributed by atoms with Crippen molar-refractivity contribution in [1.29, 1.82) is 0 Å². The molecule has 0 spiro atoms. The van der Waals surface area contributed by atoms with E-state index in [2.05, 4.69) is 79.1 Å². The summed E-state index contributed by atoms with van der Waals surface area (Å²) in [6.45, 7) is 8.37. The molecule has 0 amide bonds. The molecule has 0 atom stereocenters. The summed E-state index contributed by atoms with van der Waals surface area (Å²) in [6, 6.07) is 21.1. The molecule has 114 valence electrons. The van der Waals surface area contributed by atoms with E-state index < -0.39 is 0 Å². The molecule has 0 aliphatic heterocycles. The molecular weight excluding hydrogens is 256 g/mol. The second-order valence-corrected chi connectivity index (χ2v) is 4.86. The summed E-state index contributed by atoms with van der Waals surface area (Å²) in [6.07, 6.45) is 1.09. The Hall–Kier alpha value is -1.64. The second-order valence-electron chi connectivity index (χ2n) is 4.86. The van der Waals surface area contributed by atoms with Crippen LogP contribution in [0.25, 0.3) is 0 Å². The van der Waals surface area contributed by atoms with E-state index in [1.165, 1.54) is 11.1 Å². The average Bonchev–Trinajstić information content (AvgIpc) is 2.55. The van der Waals surface area contributed by atoms with Gasteiger partial charge in [-0.3, -0.25) is 0 Å². The van der Waals surface area contributed by atoms with Gasteiger partial charge in [0.1, 0.15) is 0 Å². The van der Waals surface area contributed by atoms with Crippen molar-refractivity contribution in [1.82, 2.24) is 10.6 Å². The largest absolute Gasteiger partial charge is 0.317 e. The topological polar surface area (TPSA) is 24.1 Å². The third-order valence-electron chi connectivity index (χ3n) is 3.11. The third kappa shape index (κ3) is 9.01. The van der Waals surface area contributed by atoms with Crippen LogP contribution in [-0.2, 0) is 13.0 Å². The fourth-order valence-electron chi connectivity index (χ4n) is 1.96. The molecule has 0 radical (unpaired) electrons. The van der Waals surface area contributed by atoms with Crippen molar-refractivity contribution in [2.45, 2.75) is 26.8 Å². The van der Waals surface area contributed by atoms with Crippen LogP contribution in [0.2, 0.25) is 0 Å². The van der Waals surface area contributed by atoms with Crippen molar-refractivity contribution in [2.75, 3.05) is 19.6 Å². The maximum absolute atomic E-state index is 3.45. The first kappa shape index (κ1) is 17.4. The van der Waals surface area contributed by atoms with Crippen LogP contribution < -0.4 is 10.6 Å². The Bertz CT molecular complexity index is 396. The van der Waals surface area contributed by atoms with E-state index in [9.17, 15) is 0 Å². The number of rotatable bonds is 7. The molecule has 2 heteroatoms. The first-order valence-electron chi connectivity index (χ1n) is 7.86. The van der Waals surface area contributed by atoms with Gasteiger partial charge >= 0.3 is 0 Å². The lowest BCUT2D eigenvalue weighted by Crippen LogP contribution is -2.16. The van der Waals surface area contributed by atoms with Gasteiger partial charge in [-0.1, -0.05) is 74.5 Å². The summed E-state index contributed by atoms with van der Waals surface area (Å²) in [4.78, 5) is 0. The molecule has 0 aromatic heterocycles. The van der Waals surface area contributed by atoms with Crippen LogP contribution >= 0.6 is 0 Å². The number of nitrogens with one attached hydrogen (secondary N) is 2. The lowest BCUT2D eigenvalue weighted by atomic mass is 10.1. The van der Waals surface area contributed by atoms with Gasteiger partial charge in [0.15, 0.2) is 0 Å². The molecule has 2 aromatic carbocycles. The summed E-state index contributed by atoms with van der Waals surface area (Å²) in [5.74, 6) is 0. The molecule has 21 heavy (non-hydrogen) atoms. The zero-order valence-electron chi connectivity index (χ0n) is 13.3. The zero-order valence-corrected chi connectivity index (χ0v) is 13.3. The van der Waals surface area contributed by atoms with Gasteiger partial charge in [0.25, 0.3) is 0 Å². The van der Waals surface area contributed by atoms with Gasteiger partial charge in [-0.05, 0) is 37.2 Å². The van der Waals surface area contributed by atoms with Gasteiger partial charge in [0.2, 0.25) is 0 Å². The minimum Gasteiger partial charge on any atom is -0.317 e. The van der Waals surface area contributed by atoms with Crippen molar-refractivity contribution in [2.24, 2.45) is 0 Å². The molecule has 0 fully saturated rings. The average molecular weight is 284 g/mol. The molecule has 0 unspecified atom stereocenters. The van der Waals surface area contributed by atoms with Crippen molar-refractivity contribution in [3.8, 4) is 0 Å². The summed E-state index contributed by atoms with van der Waals surface area (Å²) < 4.78 is 0. The van der Waals surface area contributed by atoms with Gasteiger partial charge in [-0.15, -0.1) is 0 Å². The monoisotopic (exact) mass is 284 g/mol. The second kappa shape index (κ2) is 12.1. The van der Waals surface area contributed by atoms with Crippen LogP contribution in [-0.4, -0.2) is 19.6 Å². The molecular formula is C19H28N2. The number of hydrogen-bond donors (Lipinski definition) is 2. The summed E-state index contributed by atoms with van der Waals surface area (Å²) in [5.41, 5.74) is 2.73. The van der Waals surface area contributed by atoms with Crippen molar-refractivity contribution in [3.63, 3.8) is 0 Å². The van der Waals surface area contributed by atoms with E-state index >= 15 is 0 Å². The zero-order chi connectivity index (χ0) is 15.2. The molecule has 0 aliphatic rings. The predicted octanol–water partition coefficient (Wildman–Crippen LogP) is 3.63. The lowest BCUT2D eigenvalue weighted by Gasteiger charge is -2.04. The fourth-order valence-corrected chi connectivity index (χ4v) is 1.96. The summed E-state index contributed by atoms with van der Waals surface area (Å²) >= 11 is 0. The highest BCUT2D eigenvalue weighted by atomic mass is 14.8. The van der Waals surface area contributed by atoms with E-state index in [1.807, 2.05) is 6.07 Å². The Balaban J connectivity index is 0.000000383. The van der Waals surface area contributed by atoms with Crippen molar-refractivity contribution in [3.05, 3.63) is 71.8 Å². The Morgan fingerprint density at radius 2 is 1.19 bits per heavy atom. The molecule has 2 rings (SSSR count). The normalized spacial score (nSPS) is 9.81. The summed E-state index contributed by atoms with van der Waals surface area (Å²) in [5, 5.41) is 6.56. The van der Waals surface area contributed by atoms with E-state index in [4.69, 9.17) is 0 Å². The van der Waals surface area contributed by atoms with Crippen LogP contribution in [0.3, 0.4) is 0 Å². The Morgan fingerprint density at radius 3 is 1.67 bits per heavy atom. The maximum atomic E-state index is 3.45. The van der Waals surface area contributed by atoms with Crippen LogP contribution in [0.4, 0.5) is 0 Å². The van der Waals surface area contributed by atoms with E-state index in [-0.39, 0.29) is 0 Å². The van der Waals surface area contributed by atoms with Crippen LogP contribution in [0.1, 0.15) is 25.0 Å². The Kier molecular flexibility index (Phi) is 10.1. The fraction of sp³-hybridized carbons (Fsp3) is 0.368. The van der Waals surface area contributed by atoms with Gasteiger partial charge < -0.3 is 10.6 Å². The number of benzene rings is 2. The molecule has 0 aliphatic carbocycles. The highest BCUT2D eigenvalue weighted by Gasteiger charge is 1.92. The van der Waals surface area contributed by atoms with E-state index in [1.54, 1.807) is 0 Å². The van der Waals surface area contributed by atoms with Crippen molar-refractivity contribution >= 4 is 0 Å². The van der Waals surface area contributed by atoms with Gasteiger partial charge in [0, 0.05) is 6.54 Å². The van der Waals surface area contributed by atoms with Crippen LogP contribution in [0, 0.1) is 0 Å². The molecule has 2 aromatic rings. The first-order valence-corrected chi connectivity index (χ1v) is 7.86. The standard InChI is InChI=1S/C15H17N.C4H11N/c1-3-7-14(8-4-1)11-12-16-13-15-9-5-2-6-10-15;1-3-5-4-2/h1-10,16H,11-13H2;5H,3-4H2,1-2H3. The summed E-state index contributed by atoms with van der Waals surface area (Å²) in [7, 11) is 0. The molecule has 0 bridgehead atoms. The van der Waals surface area contributed by atoms with E-state index in [0.29, 0.717) is 0 Å². The predicted molar refractivity (Wildman–Crippen MR) is 92.5 cm³/mol. The maximum Gasteiger partial charge on any atom is 0.0205 e. The SMILES string of the molecule is CCNCC.c1ccc(CCNCc2ccccc2)cc1. The molecule has 0 heterocycles. The van der Waals surface area contributed by atoms with Crippen LogP contribution in [0.15, 0.2) is 60.7 Å². The molecule has 0 saturated carbocycles. The number of hydrogen-bond acceptors (Lipinski definition) is 2. The third-order valence-corrected chi connectivity index (χ3v) is 3.11. The van der Waals surface area contributed by atoms with Gasteiger partial charge in [-0.25, -0.2) is 0 Å². The van der Waals surface area contributed by atoms with Crippen molar-refractivity contribution < 1.29 is 0 Å². The lowest BCUT2D eigenvalue weighted by molar-refractivity contribution is 0.687. The molecule has 0 saturated heterocycles. The molecule has 2 N–H and O–H groups in total. The van der Waals surface area contributed by atoms with Crippen LogP contribution in [0.5, 0.6) is 0 Å². The minimum atomic E-state index is 0.952. The highest BCUT2D eigenvalue weighted by Crippen LogP contribution is 2.00. The highest BCUT2D eigenvalue weighted by molar-refractivity contribution is 5.16. The van der Waals surface area contributed by atoms with E-state index in [0.717, 1.165) is 32.6 Å². The van der Waals surface area contributed by atoms with Gasteiger partial charge in [-0.2, -0.15) is 0 Å². The quantitative estimate of drug-likeness (QED) is 0.759. The first-order chi connectivity index (χ1) is 10.4. The Morgan fingerprint density at radius 1 is 0.667 bits per heavy atom. The molecule has 2 nitrogen and oxygen atoms in total. The Labute approximate surface area is 129 Å². The smallest absolute Gasteiger partial charge is 0.0205 e.